The highest BCUT2D eigenvalue weighted by atomic mass is 32.1. The molecule has 0 saturated carbocycles. The lowest BCUT2D eigenvalue weighted by Gasteiger charge is -1.99. The van der Waals surface area contributed by atoms with Crippen molar-refractivity contribution in [3.8, 4) is 11.5 Å². The Hall–Kier alpha value is -1.69. The second-order valence-corrected chi connectivity index (χ2v) is 3.33. The molecule has 0 atom stereocenters. The number of aromatic amines is 1. The Kier molecular flexibility index (Phi) is 2.05. The number of aryl methyl sites for hydroxylation is 1. The van der Waals surface area contributed by atoms with E-state index in [4.69, 9.17) is 18.1 Å². The Morgan fingerprint density at radius 3 is 2.79 bits per heavy atom. The van der Waals surface area contributed by atoms with Crippen LogP contribution in [-0.2, 0) is 0 Å². The smallest absolute Gasteiger partial charge is 0.214 e. The summed E-state index contributed by atoms with van der Waals surface area (Å²) in [6, 6.07) is 3.80. The third kappa shape index (κ3) is 1.39. The molecule has 72 valence electrons. The number of nitrogens with zero attached hydrogens (tertiary/aromatic N) is 3. The maximum Gasteiger partial charge on any atom is 0.214 e. The van der Waals surface area contributed by atoms with Gasteiger partial charge in [0, 0.05) is 6.20 Å². The Balaban J connectivity index is 2.55. The van der Waals surface area contributed by atoms with E-state index < -0.39 is 0 Å². The summed E-state index contributed by atoms with van der Waals surface area (Å²) in [6.07, 6.45) is 1.76. The number of aromatic nitrogens is 4. The summed E-state index contributed by atoms with van der Waals surface area (Å²) < 4.78 is 1.68. The van der Waals surface area contributed by atoms with Crippen LogP contribution in [0.5, 0.6) is 0 Å². The van der Waals surface area contributed by atoms with Gasteiger partial charge in [0.15, 0.2) is 5.82 Å². The van der Waals surface area contributed by atoms with Crippen LogP contribution >= 0.6 is 12.2 Å². The highest BCUT2D eigenvalue weighted by molar-refractivity contribution is 7.71. The fourth-order valence-electron chi connectivity index (χ4n) is 1.09. The number of nitrogen functional groups attached to an aromatic ring is 1. The molecule has 2 heterocycles. The van der Waals surface area contributed by atoms with Crippen LogP contribution in [0.2, 0.25) is 0 Å². The van der Waals surface area contributed by atoms with E-state index >= 15 is 0 Å². The van der Waals surface area contributed by atoms with Crippen LogP contribution in [0, 0.1) is 11.7 Å². The fraction of sp³-hybridized carbons (Fsp3) is 0.125. The van der Waals surface area contributed by atoms with Gasteiger partial charge in [0.1, 0.15) is 5.69 Å². The van der Waals surface area contributed by atoms with Crippen LogP contribution in [0.3, 0.4) is 0 Å². The maximum atomic E-state index is 5.65. The Morgan fingerprint density at radius 2 is 2.29 bits per heavy atom. The molecule has 0 amide bonds. The molecule has 2 aromatic rings. The molecule has 0 saturated heterocycles. The predicted molar refractivity (Wildman–Crippen MR) is 55.5 cm³/mol. The SMILES string of the molecule is Cc1ccc(-c2n[nH]c(=S)n2N)nc1. The third-order valence-electron chi connectivity index (χ3n) is 1.84. The van der Waals surface area contributed by atoms with E-state index in [0.717, 1.165) is 5.56 Å². The number of rotatable bonds is 1. The van der Waals surface area contributed by atoms with E-state index in [-0.39, 0.29) is 0 Å². The number of nitrogens with one attached hydrogen (secondary N) is 1. The number of hydrogen-bond donors (Lipinski definition) is 2. The average molecular weight is 207 g/mol. The van der Waals surface area contributed by atoms with Crippen LogP contribution in [-0.4, -0.2) is 19.9 Å². The molecule has 0 spiro atoms. The van der Waals surface area contributed by atoms with Gasteiger partial charge in [-0.3, -0.25) is 4.98 Å². The first kappa shape index (κ1) is 8.89. The minimum atomic E-state index is 0.377. The molecule has 0 unspecified atom stereocenters. The van der Waals surface area contributed by atoms with Gasteiger partial charge in [-0.2, -0.15) is 5.10 Å². The van der Waals surface area contributed by atoms with E-state index in [1.54, 1.807) is 6.20 Å². The Morgan fingerprint density at radius 1 is 1.50 bits per heavy atom. The third-order valence-corrected chi connectivity index (χ3v) is 2.13. The molecule has 0 aliphatic heterocycles. The quantitative estimate of drug-likeness (QED) is 0.541. The highest BCUT2D eigenvalue weighted by Gasteiger charge is 2.06. The average Bonchev–Trinajstić information content (AvgIpc) is 2.50. The standard InChI is InChI=1S/C8H9N5S/c1-5-2-3-6(10-4-5)7-11-12-8(14)13(7)9/h2-4H,9H2,1H3,(H,12,14). The zero-order chi connectivity index (χ0) is 10.1. The molecule has 0 aliphatic rings. The van der Waals surface area contributed by atoms with E-state index in [9.17, 15) is 0 Å². The van der Waals surface area contributed by atoms with Gasteiger partial charge in [-0.05, 0) is 30.8 Å². The van der Waals surface area contributed by atoms with Crippen molar-refractivity contribution >= 4 is 12.2 Å². The molecule has 14 heavy (non-hydrogen) atoms. The molecule has 3 N–H and O–H groups in total. The lowest BCUT2D eigenvalue weighted by molar-refractivity contribution is 0.977. The summed E-state index contributed by atoms with van der Waals surface area (Å²) in [7, 11) is 0. The molecule has 2 rings (SSSR count). The van der Waals surface area contributed by atoms with Gasteiger partial charge in [-0.1, -0.05) is 6.07 Å². The van der Waals surface area contributed by atoms with E-state index in [2.05, 4.69) is 15.2 Å². The van der Waals surface area contributed by atoms with Crippen molar-refractivity contribution in [3.63, 3.8) is 0 Å². The first-order valence-electron chi connectivity index (χ1n) is 4.04. The number of pyridine rings is 1. The second-order valence-electron chi connectivity index (χ2n) is 2.94. The lowest BCUT2D eigenvalue weighted by atomic mass is 10.3. The largest absolute Gasteiger partial charge is 0.335 e. The summed E-state index contributed by atoms with van der Waals surface area (Å²) in [5, 5.41) is 6.57. The van der Waals surface area contributed by atoms with Gasteiger partial charge >= 0.3 is 0 Å². The molecule has 0 aliphatic carbocycles. The van der Waals surface area contributed by atoms with Crippen LogP contribution in [0.15, 0.2) is 18.3 Å². The molecule has 0 fully saturated rings. The summed E-state index contributed by atoms with van der Waals surface area (Å²) in [5.74, 6) is 6.19. The minimum Gasteiger partial charge on any atom is -0.335 e. The van der Waals surface area contributed by atoms with Crippen molar-refractivity contribution in [2.45, 2.75) is 6.92 Å². The Labute approximate surface area is 85.6 Å². The Bertz CT molecular complexity index is 495. The van der Waals surface area contributed by atoms with Crippen LogP contribution in [0.1, 0.15) is 5.56 Å². The van der Waals surface area contributed by atoms with E-state index in [1.165, 1.54) is 4.68 Å². The van der Waals surface area contributed by atoms with E-state index in [0.29, 0.717) is 16.3 Å². The molecular formula is C8H9N5S. The van der Waals surface area contributed by atoms with Gasteiger partial charge in [0.05, 0.1) is 0 Å². The molecular weight excluding hydrogens is 198 g/mol. The van der Waals surface area contributed by atoms with Crippen molar-refractivity contribution < 1.29 is 0 Å². The van der Waals surface area contributed by atoms with Crippen molar-refractivity contribution in [1.29, 1.82) is 0 Å². The predicted octanol–water partition coefficient (Wildman–Crippen LogP) is 1.02. The normalized spacial score (nSPS) is 10.4. The molecule has 0 bridgehead atoms. The molecule has 5 nitrogen and oxygen atoms in total. The summed E-state index contributed by atoms with van der Waals surface area (Å²) in [6.45, 7) is 1.97. The molecule has 6 heteroatoms. The van der Waals surface area contributed by atoms with Crippen molar-refractivity contribution in [1.82, 2.24) is 19.9 Å². The maximum absolute atomic E-state index is 5.65. The monoisotopic (exact) mass is 207 g/mol. The van der Waals surface area contributed by atoms with Crippen molar-refractivity contribution in [3.05, 3.63) is 28.7 Å². The first-order chi connectivity index (χ1) is 6.68. The minimum absolute atomic E-state index is 0.377. The molecule has 0 radical (unpaired) electrons. The first-order valence-corrected chi connectivity index (χ1v) is 4.45. The van der Waals surface area contributed by atoms with Gasteiger partial charge in [-0.15, -0.1) is 0 Å². The van der Waals surface area contributed by atoms with Crippen LogP contribution in [0.4, 0.5) is 0 Å². The zero-order valence-electron chi connectivity index (χ0n) is 7.56. The summed E-state index contributed by atoms with van der Waals surface area (Å²) >= 11 is 4.89. The number of hydrogen-bond acceptors (Lipinski definition) is 4. The fourth-order valence-corrected chi connectivity index (χ4v) is 1.22. The highest BCUT2D eigenvalue weighted by Crippen LogP contribution is 2.11. The van der Waals surface area contributed by atoms with Gasteiger partial charge in [0.2, 0.25) is 4.77 Å². The van der Waals surface area contributed by atoms with Gasteiger partial charge in [-0.25, -0.2) is 9.77 Å². The van der Waals surface area contributed by atoms with Gasteiger partial charge in [0.25, 0.3) is 0 Å². The van der Waals surface area contributed by atoms with Crippen LogP contribution < -0.4 is 5.84 Å². The van der Waals surface area contributed by atoms with Crippen molar-refractivity contribution in [2.24, 2.45) is 0 Å². The lowest BCUT2D eigenvalue weighted by Crippen LogP contribution is -2.10. The zero-order valence-corrected chi connectivity index (χ0v) is 8.38. The van der Waals surface area contributed by atoms with E-state index in [1.807, 2.05) is 19.1 Å². The van der Waals surface area contributed by atoms with Gasteiger partial charge < -0.3 is 5.84 Å². The summed E-state index contributed by atoms with van der Waals surface area (Å²) in [4.78, 5) is 4.19. The van der Waals surface area contributed by atoms with Crippen LogP contribution in [0.25, 0.3) is 11.5 Å². The number of nitrogens with two attached hydrogens (primary N) is 1. The van der Waals surface area contributed by atoms with Crippen molar-refractivity contribution in [2.75, 3.05) is 5.84 Å². The second kappa shape index (κ2) is 3.22. The molecule has 2 aromatic heterocycles. The molecule has 0 aromatic carbocycles. The number of H-pyrrole nitrogens is 1. The summed E-state index contributed by atoms with van der Waals surface area (Å²) in [5.41, 5.74) is 1.79. The topological polar surface area (TPSA) is 72.5 Å².